The molecule has 0 aromatic heterocycles. The van der Waals surface area contributed by atoms with E-state index < -0.39 is 5.54 Å². The summed E-state index contributed by atoms with van der Waals surface area (Å²) in [6.07, 6.45) is 4.66. The molecule has 1 N–H and O–H groups in total. The molecule has 1 fully saturated rings. The van der Waals surface area contributed by atoms with E-state index in [1.165, 1.54) is 0 Å². The van der Waals surface area contributed by atoms with E-state index in [0.717, 1.165) is 49.0 Å². The molecular formula is C19H27N3O2. The van der Waals surface area contributed by atoms with Gasteiger partial charge in [0.25, 0.3) is 0 Å². The number of amides is 1. The number of methoxy groups -OCH3 is 1. The lowest BCUT2D eigenvalue weighted by Crippen LogP contribution is -2.51. The predicted octanol–water partition coefficient (Wildman–Crippen LogP) is 2.78. The lowest BCUT2D eigenvalue weighted by molar-refractivity contribution is -0.123. The molecule has 1 aromatic rings. The van der Waals surface area contributed by atoms with Gasteiger partial charge < -0.3 is 10.1 Å². The van der Waals surface area contributed by atoms with Gasteiger partial charge in [-0.1, -0.05) is 37.0 Å². The van der Waals surface area contributed by atoms with Gasteiger partial charge in [-0.3, -0.25) is 9.69 Å². The van der Waals surface area contributed by atoms with Crippen molar-refractivity contribution < 1.29 is 9.53 Å². The molecule has 1 saturated carbocycles. The Hall–Kier alpha value is -2.06. The van der Waals surface area contributed by atoms with E-state index in [9.17, 15) is 10.1 Å². The van der Waals surface area contributed by atoms with Crippen LogP contribution in [0.5, 0.6) is 5.75 Å². The van der Waals surface area contributed by atoms with Crippen LogP contribution in [0.15, 0.2) is 18.2 Å². The highest BCUT2D eigenvalue weighted by atomic mass is 16.5. The molecule has 0 spiro atoms. The van der Waals surface area contributed by atoms with E-state index in [1.807, 2.05) is 31.0 Å². The summed E-state index contributed by atoms with van der Waals surface area (Å²) >= 11 is 0. The van der Waals surface area contributed by atoms with Crippen LogP contribution in [0.3, 0.4) is 0 Å². The molecule has 1 amide bonds. The molecule has 24 heavy (non-hydrogen) atoms. The van der Waals surface area contributed by atoms with E-state index in [-0.39, 0.29) is 12.5 Å². The highest BCUT2D eigenvalue weighted by Crippen LogP contribution is 2.27. The van der Waals surface area contributed by atoms with Gasteiger partial charge in [-0.2, -0.15) is 5.26 Å². The second-order valence-electron chi connectivity index (χ2n) is 6.79. The summed E-state index contributed by atoms with van der Waals surface area (Å²) in [4.78, 5) is 14.3. The molecule has 1 aromatic carbocycles. The van der Waals surface area contributed by atoms with Gasteiger partial charge in [0, 0.05) is 12.1 Å². The first-order valence-electron chi connectivity index (χ1n) is 8.52. The lowest BCUT2D eigenvalue weighted by atomic mass is 9.83. The Bertz CT molecular complexity index is 616. The maximum Gasteiger partial charge on any atom is 0.235 e. The van der Waals surface area contributed by atoms with Crippen molar-refractivity contribution in [2.75, 3.05) is 20.7 Å². The predicted molar refractivity (Wildman–Crippen MR) is 93.6 cm³/mol. The monoisotopic (exact) mass is 329 g/mol. The minimum Gasteiger partial charge on any atom is -0.496 e. The maximum absolute atomic E-state index is 12.4. The fourth-order valence-electron chi connectivity index (χ4n) is 3.35. The minimum absolute atomic E-state index is 0.0902. The topological polar surface area (TPSA) is 65.4 Å². The van der Waals surface area contributed by atoms with Crippen LogP contribution < -0.4 is 10.1 Å². The number of aryl methyl sites for hydroxylation is 1. The molecule has 5 heteroatoms. The fraction of sp³-hybridized carbons (Fsp3) is 0.579. The highest BCUT2D eigenvalue weighted by Gasteiger charge is 2.33. The molecule has 5 nitrogen and oxygen atoms in total. The second kappa shape index (κ2) is 8.16. The van der Waals surface area contributed by atoms with Gasteiger partial charge in [-0.15, -0.1) is 0 Å². The van der Waals surface area contributed by atoms with E-state index in [1.54, 1.807) is 7.11 Å². The maximum atomic E-state index is 12.4. The number of rotatable bonds is 6. The molecule has 0 atom stereocenters. The first-order valence-corrected chi connectivity index (χ1v) is 8.52. The number of nitrogens with one attached hydrogen (secondary N) is 1. The molecule has 1 aliphatic rings. The standard InChI is InChI=1S/C19H27N3O2/c1-15-7-8-17(24-3)16(11-15)12-22(2)13-18(23)21-19(14-20)9-5-4-6-10-19/h7-8,11H,4-6,9-10,12-13H2,1-3H3,(H,21,23). The summed E-state index contributed by atoms with van der Waals surface area (Å²) in [7, 11) is 3.56. The van der Waals surface area contributed by atoms with Gasteiger partial charge >= 0.3 is 0 Å². The van der Waals surface area contributed by atoms with Crippen molar-refractivity contribution in [3.8, 4) is 11.8 Å². The quantitative estimate of drug-likeness (QED) is 0.871. The fourth-order valence-corrected chi connectivity index (χ4v) is 3.35. The first-order chi connectivity index (χ1) is 11.5. The van der Waals surface area contributed by atoms with Crippen LogP contribution in [0.1, 0.15) is 43.2 Å². The van der Waals surface area contributed by atoms with Crippen LogP contribution >= 0.6 is 0 Å². The number of likely N-dealkylation sites (N-methyl/N-ethyl adjacent to an activating group) is 1. The third kappa shape index (κ3) is 4.72. The number of carbonyl (C=O) groups excluding carboxylic acids is 1. The van der Waals surface area contributed by atoms with Crippen molar-refractivity contribution in [1.29, 1.82) is 5.26 Å². The van der Waals surface area contributed by atoms with Crippen LogP contribution in [0.4, 0.5) is 0 Å². The van der Waals surface area contributed by atoms with Crippen molar-refractivity contribution in [2.24, 2.45) is 0 Å². The third-order valence-corrected chi connectivity index (χ3v) is 4.59. The van der Waals surface area contributed by atoms with E-state index in [4.69, 9.17) is 4.74 Å². The number of ether oxygens (including phenoxy) is 1. The average molecular weight is 329 g/mol. The van der Waals surface area contributed by atoms with E-state index >= 15 is 0 Å². The molecule has 130 valence electrons. The van der Waals surface area contributed by atoms with Gasteiger partial charge in [0.15, 0.2) is 0 Å². The van der Waals surface area contributed by atoms with Crippen LogP contribution in [0.2, 0.25) is 0 Å². The van der Waals surface area contributed by atoms with E-state index in [2.05, 4.69) is 17.5 Å². The smallest absolute Gasteiger partial charge is 0.235 e. The molecule has 0 heterocycles. The van der Waals surface area contributed by atoms with Crippen LogP contribution in [0, 0.1) is 18.3 Å². The van der Waals surface area contributed by atoms with Gasteiger partial charge in [-0.05, 0) is 32.9 Å². The van der Waals surface area contributed by atoms with Crippen molar-refractivity contribution in [2.45, 2.75) is 51.1 Å². The molecule has 1 aliphatic carbocycles. The lowest BCUT2D eigenvalue weighted by Gasteiger charge is -2.32. The number of carbonyl (C=O) groups is 1. The van der Waals surface area contributed by atoms with Crippen molar-refractivity contribution in [1.82, 2.24) is 10.2 Å². The first kappa shape index (κ1) is 18.3. The number of hydrogen-bond acceptors (Lipinski definition) is 4. The van der Waals surface area contributed by atoms with Gasteiger partial charge in [-0.25, -0.2) is 0 Å². The Balaban J connectivity index is 1.94. The van der Waals surface area contributed by atoms with Crippen molar-refractivity contribution in [3.05, 3.63) is 29.3 Å². The van der Waals surface area contributed by atoms with Crippen molar-refractivity contribution in [3.63, 3.8) is 0 Å². The largest absolute Gasteiger partial charge is 0.496 e. The normalized spacial score (nSPS) is 16.5. The van der Waals surface area contributed by atoms with Gasteiger partial charge in [0.05, 0.1) is 19.7 Å². The van der Waals surface area contributed by atoms with Crippen LogP contribution in [-0.4, -0.2) is 37.0 Å². The summed E-state index contributed by atoms with van der Waals surface area (Å²) in [5.41, 5.74) is 1.55. The molecule has 0 aliphatic heterocycles. The summed E-state index contributed by atoms with van der Waals surface area (Å²) in [6.45, 7) is 2.92. The van der Waals surface area contributed by atoms with Crippen molar-refractivity contribution >= 4 is 5.91 Å². The Morgan fingerprint density at radius 1 is 1.38 bits per heavy atom. The zero-order valence-corrected chi connectivity index (χ0v) is 14.9. The Kier molecular flexibility index (Phi) is 6.22. The molecular weight excluding hydrogens is 302 g/mol. The SMILES string of the molecule is COc1ccc(C)cc1CN(C)CC(=O)NC1(C#N)CCCCC1. The number of nitriles is 1. The molecule has 2 rings (SSSR count). The van der Waals surface area contributed by atoms with Gasteiger partial charge in [0.2, 0.25) is 5.91 Å². The summed E-state index contributed by atoms with van der Waals surface area (Å²) in [5.74, 6) is 0.737. The molecule has 0 unspecified atom stereocenters. The van der Waals surface area contributed by atoms with E-state index in [0.29, 0.717) is 6.54 Å². The second-order valence-corrected chi connectivity index (χ2v) is 6.79. The Morgan fingerprint density at radius 2 is 2.08 bits per heavy atom. The minimum atomic E-state index is -0.669. The molecule has 0 radical (unpaired) electrons. The summed E-state index contributed by atoms with van der Waals surface area (Å²) in [6, 6.07) is 8.36. The molecule has 0 bridgehead atoms. The van der Waals surface area contributed by atoms with Crippen LogP contribution in [-0.2, 0) is 11.3 Å². The third-order valence-electron chi connectivity index (χ3n) is 4.59. The number of hydrogen-bond donors (Lipinski definition) is 1. The Labute approximate surface area is 144 Å². The zero-order valence-electron chi connectivity index (χ0n) is 14.9. The summed E-state index contributed by atoms with van der Waals surface area (Å²) in [5, 5.41) is 12.4. The highest BCUT2D eigenvalue weighted by molar-refractivity contribution is 5.79. The Morgan fingerprint density at radius 3 is 2.71 bits per heavy atom. The summed E-state index contributed by atoms with van der Waals surface area (Å²) < 4.78 is 5.39. The molecule has 0 saturated heterocycles. The number of benzene rings is 1. The van der Waals surface area contributed by atoms with Gasteiger partial charge in [0.1, 0.15) is 11.3 Å². The average Bonchev–Trinajstić information content (AvgIpc) is 2.55. The number of nitrogens with zero attached hydrogens (tertiary/aromatic N) is 2. The van der Waals surface area contributed by atoms with Crippen LogP contribution in [0.25, 0.3) is 0 Å². The zero-order chi connectivity index (χ0) is 17.6.